The lowest BCUT2D eigenvalue weighted by molar-refractivity contribution is -0.120. The number of amides is 3. The average molecular weight is 504 g/mol. The van der Waals surface area contributed by atoms with E-state index in [9.17, 15) is 14.4 Å². The minimum Gasteiger partial charge on any atom is -0.494 e. The fourth-order valence-electron chi connectivity index (χ4n) is 3.94. The van der Waals surface area contributed by atoms with Gasteiger partial charge in [0.05, 0.1) is 12.3 Å². The predicted molar refractivity (Wildman–Crippen MR) is 142 cm³/mol. The molecule has 4 rings (SSSR count). The number of carbonyl (C=O) groups is 3. The van der Waals surface area contributed by atoms with Crippen LogP contribution in [0, 0.1) is 6.92 Å². The number of hydrogen-bond donors (Lipinski definition) is 1. The van der Waals surface area contributed by atoms with E-state index in [1.807, 2.05) is 45.0 Å². The van der Waals surface area contributed by atoms with Gasteiger partial charge in [-0.25, -0.2) is 4.90 Å². The third-order valence-electron chi connectivity index (χ3n) is 5.71. The molecule has 3 aromatic carbocycles. The number of ether oxygens (including phenoxy) is 1. The summed E-state index contributed by atoms with van der Waals surface area (Å²) in [4.78, 5) is 41.6. The summed E-state index contributed by atoms with van der Waals surface area (Å²) in [6.07, 6.45) is 0. The van der Waals surface area contributed by atoms with Crippen molar-refractivity contribution < 1.29 is 19.1 Å². The maximum atomic E-state index is 13.1. The summed E-state index contributed by atoms with van der Waals surface area (Å²) < 4.78 is 5.41. The minimum atomic E-state index is -0.614. The summed E-state index contributed by atoms with van der Waals surface area (Å²) in [5, 5.41) is 2.73. The first kappa shape index (κ1) is 25.0. The predicted octanol–water partition coefficient (Wildman–Crippen LogP) is 5.50. The van der Waals surface area contributed by atoms with E-state index >= 15 is 0 Å². The van der Waals surface area contributed by atoms with Crippen molar-refractivity contribution in [3.8, 4) is 5.75 Å². The Morgan fingerprint density at radius 1 is 0.972 bits per heavy atom. The van der Waals surface area contributed by atoms with Gasteiger partial charge in [-0.05, 0) is 87.0 Å². The van der Waals surface area contributed by atoms with Crippen molar-refractivity contribution >= 4 is 46.4 Å². The SMILES string of the molecule is CCOc1ccc(N2C(=O)C(Cl)=C(Nc3ccc(C(=O)N(CC)c4cccc(C)c4)cc3)C2=O)cc1. The molecule has 0 saturated heterocycles. The molecule has 0 spiro atoms. The van der Waals surface area contributed by atoms with E-state index in [0.29, 0.717) is 35.8 Å². The Kier molecular flexibility index (Phi) is 7.41. The quantitative estimate of drug-likeness (QED) is 0.411. The Bertz CT molecular complexity index is 1330. The highest BCUT2D eigenvalue weighted by Gasteiger charge is 2.39. The van der Waals surface area contributed by atoms with Gasteiger partial charge in [0.1, 0.15) is 16.5 Å². The van der Waals surface area contributed by atoms with E-state index in [-0.39, 0.29) is 16.6 Å². The van der Waals surface area contributed by atoms with Crippen LogP contribution < -0.4 is 19.9 Å². The second kappa shape index (κ2) is 10.7. The number of halogens is 1. The Morgan fingerprint density at radius 2 is 1.67 bits per heavy atom. The van der Waals surface area contributed by atoms with Crippen LogP contribution in [0.25, 0.3) is 0 Å². The van der Waals surface area contributed by atoms with Crippen molar-refractivity contribution in [1.29, 1.82) is 0 Å². The molecule has 36 heavy (non-hydrogen) atoms. The van der Waals surface area contributed by atoms with E-state index in [2.05, 4.69) is 5.32 Å². The number of rotatable bonds is 8. The third kappa shape index (κ3) is 4.97. The van der Waals surface area contributed by atoms with Gasteiger partial charge < -0.3 is 15.0 Å². The van der Waals surface area contributed by atoms with Crippen molar-refractivity contribution in [3.63, 3.8) is 0 Å². The second-order valence-electron chi connectivity index (χ2n) is 8.15. The van der Waals surface area contributed by atoms with Crippen LogP contribution in [0.2, 0.25) is 0 Å². The summed E-state index contributed by atoms with van der Waals surface area (Å²) in [5.41, 5.74) is 3.27. The number of imide groups is 1. The zero-order chi connectivity index (χ0) is 25.8. The zero-order valence-electron chi connectivity index (χ0n) is 20.2. The van der Waals surface area contributed by atoms with Gasteiger partial charge in [0, 0.05) is 23.5 Å². The molecule has 184 valence electrons. The molecule has 0 aliphatic carbocycles. The number of carbonyl (C=O) groups excluding carboxylic acids is 3. The Balaban J connectivity index is 1.50. The molecule has 7 nitrogen and oxygen atoms in total. The summed E-state index contributed by atoms with van der Waals surface area (Å²) in [7, 11) is 0. The zero-order valence-corrected chi connectivity index (χ0v) is 21.0. The van der Waals surface area contributed by atoms with Gasteiger partial charge in [0.15, 0.2) is 0 Å². The molecule has 0 fully saturated rings. The molecule has 1 aliphatic heterocycles. The Morgan fingerprint density at radius 3 is 2.28 bits per heavy atom. The van der Waals surface area contributed by atoms with Gasteiger partial charge in [-0.15, -0.1) is 0 Å². The minimum absolute atomic E-state index is 0.0235. The first-order chi connectivity index (χ1) is 17.3. The molecule has 3 aromatic rings. The van der Waals surface area contributed by atoms with Gasteiger partial charge >= 0.3 is 0 Å². The summed E-state index contributed by atoms with van der Waals surface area (Å²) in [6.45, 7) is 6.80. The molecule has 1 N–H and O–H groups in total. The maximum absolute atomic E-state index is 13.1. The van der Waals surface area contributed by atoms with Gasteiger partial charge in [0.25, 0.3) is 17.7 Å². The summed E-state index contributed by atoms with van der Waals surface area (Å²) in [5.74, 6) is -0.681. The monoisotopic (exact) mass is 503 g/mol. The molecule has 0 unspecified atom stereocenters. The molecule has 0 radical (unpaired) electrons. The van der Waals surface area contributed by atoms with E-state index < -0.39 is 11.8 Å². The largest absolute Gasteiger partial charge is 0.494 e. The van der Waals surface area contributed by atoms with Crippen molar-refractivity contribution in [2.75, 3.05) is 28.3 Å². The maximum Gasteiger partial charge on any atom is 0.283 e. The fraction of sp³-hybridized carbons (Fsp3) is 0.179. The van der Waals surface area contributed by atoms with Gasteiger partial charge in [-0.1, -0.05) is 23.7 Å². The normalized spacial score (nSPS) is 13.3. The molecule has 1 aliphatic rings. The van der Waals surface area contributed by atoms with Crippen LogP contribution in [0.15, 0.2) is 83.5 Å². The third-order valence-corrected chi connectivity index (χ3v) is 6.06. The Labute approximate surface area is 214 Å². The van der Waals surface area contributed by atoms with E-state index in [4.69, 9.17) is 16.3 Å². The molecule has 3 amide bonds. The Hall–Kier alpha value is -4.10. The van der Waals surface area contributed by atoms with E-state index in [1.165, 1.54) is 0 Å². The number of benzene rings is 3. The molecule has 1 heterocycles. The van der Waals surface area contributed by atoms with Crippen LogP contribution >= 0.6 is 11.6 Å². The topological polar surface area (TPSA) is 79.0 Å². The smallest absolute Gasteiger partial charge is 0.283 e. The number of nitrogens with zero attached hydrogens (tertiary/aromatic N) is 2. The molecule has 0 aromatic heterocycles. The standard InChI is InChI=1S/C28H26ClN3O4/c1-4-31(22-8-6-7-18(3)17-22)26(33)19-9-11-20(12-10-19)30-25-24(29)27(34)32(28(25)35)21-13-15-23(16-14-21)36-5-2/h6-17,30H,4-5H2,1-3H3. The molecular formula is C28H26ClN3O4. The number of aryl methyl sites for hydroxylation is 1. The van der Waals surface area contributed by atoms with Crippen LogP contribution in [-0.4, -0.2) is 30.9 Å². The lowest BCUT2D eigenvalue weighted by Gasteiger charge is -2.21. The molecule has 0 bridgehead atoms. The fourth-order valence-corrected chi connectivity index (χ4v) is 4.15. The lowest BCUT2D eigenvalue weighted by atomic mass is 10.1. The van der Waals surface area contributed by atoms with Crippen LogP contribution in [0.5, 0.6) is 5.75 Å². The molecule has 0 atom stereocenters. The van der Waals surface area contributed by atoms with Crippen LogP contribution in [0.3, 0.4) is 0 Å². The van der Waals surface area contributed by atoms with Crippen molar-refractivity contribution in [1.82, 2.24) is 0 Å². The van der Waals surface area contributed by atoms with Crippen LogP contribution in [0.4, 0.5) is 17.1 Å². The molecule has 8 heteroatoms. The highest BCUT2D eigenvalue weighted by Crippen LogP contribution is 2.31. The van der Waals surface area contributed by atoms with Gasteiger partial charge in [0.2, 0.25) is 0 Å². The van der Waals surface area contributed by atoms with Crippen molar-refractivity contribution in [2.45, 2.75) is 20.8 Å². The number of nitrogens with one attached hydrogen (secondary N) is 1. The summed E-state index contributed by atoms with van der Waals surface area (Å²) >= 11 is 6.24. The van der Waals surface area contributed by atoms with Crippen molar-refractivity contribution in [2.24, 2.45) is 0 Å². The van der Waals surface area contributed by atoms with Gasteiger partial charge in [-0.2, -0.15) is 0 Å². The number of anilines is 3. The average Bonchev–Trinajstić information content (AvgIpc) is 3.08. The number of hydrogen-bond acceptors (Lipinski definition) is 5. The van der Waals surface area contributed by atoms with Crippen molar-refractivity contribution in [3.05, 3.63) is 94.7 Å². The molecular weight excluding hydrogens is 478 g/mol. The highest BCUT2D eigenvalue weighted by atomic mass is 35.5. The van der Waals surface area contributed by atoms with Gasteiger partial charge in [-0.3, -0.25) is 14.4 Å². The van der Waals surface area contributed by atoms with Crippen LogP contribution in [-0.2, 0) is 9.59 Å². The van der Waals surface area contributed by atoms with E-state index in [1.54, 1.807) is 53.4 Å². The van der Waals surface area contributed by atoms with E-state index in [0.717, 1.165) is 16.2 Å². The first-order valence-corrected chi connectivity index (χ1v) is 12.0. The first-order valence-electron chi connectivity index (χ1n) is 11.6. The van der Waals surface area contributed by atoms with Crippen LogP contribution in [0.1, 0.15) is 29.8 Å². The summed E-state index contributed by atoms with van der Waals surface area (Å²) in [6, 6.07) is 21.1. The second-order valence-corrected chi connectivity index (χ2v) is 8.53. The lowest BCUT2D eigenvalue weighted by Crippen LogP contribution is -2.32. The molecule has 0 saturated carbocycles. The highest BCUT2D eigenvalue weighted by molar-refractivity contribution is 6.53.